The van der Waals surface area contributed by atoms with Gasteiger partial charge in [0.1, 0.15) is 5.92 Å². The topological polar surface area (TPSA) is 53.1 Å². The summed E-state index contributed by atoms with van der Waals surface area (Å²) in [5, 5.41) is 1.73. The Balaban J connectivity index is 1.58. The summed E-state index contributed by atoms with van der Waals surface area (Å²) in [6.07, 6.45) is -0.864. The Morgan fingerprint density at radius 3 is 2.18 bits per heavy atom. The normalized spacial score (nSPS) is 22.1. The maximum Gasteiger partial charge on any atom is 0.266 e. The number of imide groups is 1. The molecule has 0 aromatic heterocycles. The fourth-order valence-corrected chi connectivity index (χ4v) is 4.82. The first-order valence-electron chi connectivity index (χ1n) is 11.1. The molecule has 3 aromatic carbocycles. The molecule has 33 heavy (non-hydrogen) atoms. The summed E-state index contributed by atoms with van der Waals surface area (Å²) in [7, 11) is 3.97. The molecule has 0 aliphatic carbocycles. The standard InChI is InChI=1S/C27H27N3O3/c1-17-10-15-22(18(2)16-17)29-26(31)23-24(19-11-13-20(14-12-19)28(3)4)30(33-25(23)27(29)32)21-8-6-5-7-9-21/h5-16,23-25H,1-4H3/t23-,24-,25-/m0/s1. The van der Waals surface area contributed by atoms with Crippen LogP contribution in [0.5, 0.6) is 0 Å². The highest BCUT2D eigenvalue weighted by Gasteiger charge is 2.60. The molecule has 0 saturated carbocycles. The SMILES string of the molecule is Cc1ccc(N2C(=O)[C@@H]3[C@H](ON(c4ccccc4)[C@H]3c3ccc(N(C)C)cc3)C2=O)c(C)c1. The Hall–Kier alpha value is -3.64. The van der Waals surface area contributed by atoms with E-state index < -0.39 is 18.1 Å². The van der Waals surface area contributed by atoms with Gasteiger partial charge in [-0.05, 0) is 55.3 Å². The highest BCUT2D eigenvalue weighted by atomic mass is 16.7. The number of nitrogens with zero attached hydrogens (tertiary/aromatic N) is 3. The van der Waals surface area contributed by atoms with Crippen molar-refractivity contribution < 1.29 is 14.4 Å². The number of fused-ring (bicyclic) bond motifs is 1. The number of amides is 2. The third kappa shape index (κ3) is 3.47. The molecule has 2 fully saturated rings. The quantitative estimate of drug-likeness (QED) is 0.561. The van der Waals surface area contributed by atoms with Crippen LogP contribution in [0.15, 0.2) is 72.8 Å². The van der Waals surface area contributed by atoms with E-state index in [1.807, 2.05) is 106 Å². The molecule has 0 radical (unpaired) electrons. The van der Waals surface area contributed by atoms with Gasteiger partial charge in [-0.2, -0.15) is 0 Å². The van der Waals surface area contributed by atoms with Gasteiger partial charge in [0.15, 0.2) is 6.10 Å². The van der Waals surface area contributed by atoms with Crippen LogP contribution in [0.1, 0.15) is 22.7 Å². The second-order valence-electron chi connectivity index (χ2n) is 8.95. The van der Waals surface area contributed by atoms with Gasteiger partial charge >= 0.3 is 0 Å². The zero-order chi connectivity index (χ0) is 23.3. The van der Waals surface area contributed by atoms with Crippen molar-refractivity contribution in [2.75, 3.05) is 29.0 Å². The molecule has 2 heterocycles. The van der Waals surface area contributed by atoms with Crippen LogP contribution < -0.4 is 14.9 Å². The largest absolute Gasteiger partial charge is 0.378 e. The average Bonchev–Trinajstić information content (AvgIpc) is 3.31. The Labute approximate surface area is 193 Å². The van der Waals surface area contributed by atoms with E-state index >= 15 is 0 Å². The summed E-state index contributed by atoms with van der Waals surface area (Å²) in [6.45, 7) is 3.92. The van der Waals surface area contributed by atoms with Crippen LogP contribution in [0.25, 0.3) is 0 Å². The van der Waals surface area contributed by atoms with Crippen LogP contribution in [-0.2, 0) is 14.4 Å². The fraction of sp³-hybridized carbons (Fsp3) is 0.259. The van der Waals surface area contributed by atoms with Crippen molar-refractivity contribution in [1.82, 2.24) is 0 Å². The van der Waals surface area contributed by atoms with Crippen molar-refractivity contribution in [2.45, 2.75) is 26.0 Å². The van der Waals surface area contributed by atoms with Crippen LogP contribution in [0.4, 0.5) is 17.1 Å². The van der Waals surface area contributed by atoms with Gasteiger partial charge in [-0.3, -0.25) is 14.4 Å². The van der Waals surface area contributed by atoms with Crippen LogP contribution in [-0.4, -0.2) is 32.0 Å². The molecule has 2 aliphatic heterocycles. The van der Waals surface area contributed by atoms with Crippen molar-refractivity contribution in [3.8, 4) is 0 Å². The number of aryl methyl sites for hydroxylation is 2. The molecular weight excluding hydrogens is 414 g/mol. The first kappa shape index (κ1) is 21.2. The second-order valence-corrected chi connectivity index (χ2v) is 8.95. The molecule has 0 N–H and O–H groups in total. The molecule has 2 amide bonds. The minimum absolute atomic E-state index is 0.225. The number of anilines is 3. The molecule has 0 bridgehead atoms. The molecule has 168 valence electrons. The Morgan fingerprint density at radius 2 is 1.55 bits per heavy atom. The molecule has 3 aromatic rings. The summed E-state index contributed by atoms with van der Waals surface area (Å²) >= 11 is 0. The van der Waals surface area contributed by atoms with Crippen molar-refractivity contribution in [3.05, 3.63) is 89.5 Å². The molecule has 6 nitrogen and oxygen atoms in total. The molecule has 0 spiro atoms. The Morgan fingerprint density at radius 1 is 0.848 bits per heavy atom. The van der Waals surface area contributed by atoms with Crippen LogP contribution in [0, 0.1) is 19.8 Å². The third-order valence-corrected chi connectivity index (χ3v) is 6.47. The van der Waals surface area contributed by atoms with Crippen LogP contribution in [0.3, 0.4) is 0 Å². The third-order valence-electron chi connectivity index (χ3n) is 6.47. The van der Waals surface area contributed by atoms with E-state index in [-0.39, 0.29) is 11.8 Å². The molecular formula is C27H27N3O3. The number of para-hydroxylation sites is 1. The van der Waals surface area contributed by atoms with Gasteiger partial charge in [0.2, 0.25) is 5.91 Å². The minimum atomic E-state index is -0.864. The summed E-state index contributed by atoms with van der Waals surface area (Å²) in [5.74, 6) is -1.18. The second kappa shape index (κ2) is 8.05. The van der Waals surface area contributed by atoms with Gasteiger partial charge < -0.3 is 4.90 Å². The number of hydroxylamine groups is 1. The highest BCUT2D eigenvalue weighted by Crippen LogP contribution is 2.48. The number of hydrogen-bond donors (Lipinski definition) is 0. The Kier molecular flexibility index (Phi) is 5.17. The first-order valence-corrected chi connectivity index (χ1v) is 11.1. The number of carbonyl (C=O) groups is 2. The predicted molar refractivity (Wildman–Crippen MR) is 129 cm³/mol. The van der Waals surface area contributed by atoms with Crippen molar-refractivity contribution in [3.63, 3.8) is 0 Å². The molecule has 6 heteroatoms. The van der Waals surface area contributed by atoms with E-state index in [1.165, 1.54) is 4.90 Å². The minimum Gasteiger partial charge on any atom is -0.378 e. The molecule has 2 aliphatic rings. The van der Waals surface area contributed by atoms with Gasteiger partial charge in [-0.15, -0.1) is 0 Å². The van der Waals surface area contributed by atoms with Crippen molar-refractivity contribution >= 4 is 28.9 Å². The van der Waals surface area contributed by atoms with Gasteiger partial charge in [0.25, 0.3) is 5.91 Å². The van der Waals surface area contributed by atoms with E-state index in [0.717, 1.165) is 28.1 Å². The van der Waals surface area contributed by atoms with Gasteiger partial charge in [0, 0.05) is 19.8 Å². The summed E-state index contributed by atoms with van der Waals surface area (Å²) in [5.41, 5.74) is 5.41. The van der Waals surface area contributed by atoms with E-state index in [0.29, 0.717) is 5.69 Å². The lowest BCUT2D eigenvalue weighted by molar-refractivity contribution is -0.126. The summed E-state index contributed by atoms with van der Waals surface area (Å²) < 4.78 is 0. The summed E-state index contributed by atoms with van der Waals surface area (Å²) in [6, 6.07) is 23.0. The monoisotopic (exact) mass is 441 g/mol. The zero-order valence-corrected chi connectivity index (χ0v) is 19.2. The van der Waals surface area contributed by atoms with Crippen molar-refractivity contribution in [1.29, 1.82) is 0 Å². The predicted octanol–water partition coefficient (Wildman–Crippen LogP) is 4.42. The molecule has 2 saturated heterocycles. The Bertz CT molecular complexity index is 1210. The van der Waals surface area contributed by atoms with E-state index in [1.54, 1.807) is 5.06 Å². The molecule has 5 rings (SSSR count). The van der Waals surface area contributed by atoms with Crippen LogP contribution >= 0.6 is 0 Å². The zero-order valence-electron chi connectivity index (χ0n) is 19.2. The number of rotatable bonds is 4. The summed E-state index contributed by atoms with van der Waals surface area (Å²) in [4.78, 5) is 36.8. The number of hydrogen-bond acceptors (Lipinski definition) is 5. The van der Waals surface area contributed by atoms with Crippen molar-refractivity contribution in [2.24, 2.45) is 5.92 Å². The van der Waals surface area contributed by atoms with Gasteiger partial charge in [-0.1, -0.05) is 48.0 Å². The lowest BCUT2D eigenvalue weighted by Crippen LogP contribution is -2.37. The lowest BCUT2D eigenvalue weighted by atomic mass is 9.90. The molecule has 0 unspecified atom stereocenters. The van der Waals surface area contributed by atoms with Crippen LogP contribution in [0.2, 0.25) is 0 Å². The maximum absolute atomic E-state index is 13.8. The molecule has 3 atom stereocenters. The average molecular weight is 442 g/mol. The first-order chi connectivity index (χ1) is 15.9. The van der Waals surface area contributed by atoms with E-state index in [9.17, 15) is 9.59 Å². The highest BCUT2D eigenvalue weighted by molar-refractivity contribution is 6.24. The number of benzene rings is 3. The maximum atomic E-state index is 13.8. The fourth-order valence-electron chi connectivity index (χ4n) is 4.82. The smallest absolute Gasteiger partial charge is 0.266 e. The van der Waals surface area contributed by atoms with E-state index in [4.69, 9.17) is 4.84 Å². The lowest BCUT2D eigenvalue weighted by Gasteiger charge is -2.29. The van der Waals surface area contributed by atoms with Gasteiger partial charge in [0.05, 0.1) is 17.4 Å². The van der Waals surface area contributed by atoms with E-state index in [2.05, 4.69) is 0 Å². The number of carbonyl (C=O) groups excluding carboxylic acids is 2. The van der Waals surface area contributed by atoms with Gasteiger partial charge in [-0.25, -0.2) is 9.96 Å².